The summed E-state index contributed by atoms with van der Waals surface area (Å²) in [7, 11) is 0. The lowest BCUT2D eigenvalue weighted by Crippen LogP contribution is -2.43. The van der Waals surface area contributed by atoms with Crippen LogP contribution in [0.25, 0.3) is 0 Å². The first-order valence-electron chi connectivity index (χ1n) is 7.07. The van der Waals surface area contributed by atoms with Crippen LogP contribution < -0.4 is 5.32 Å². The maximum Gasteiger partial charge on any atom is 0.240 e. The smallest absolute Gasteiger partial charge is 0.240 e. The fourth-order valence-electron chi connectivity index (χ4n) is 2.19. The van der Waals surface area contributed by atoms with E-state index in [0.717, 1.165) is 13.0 Å². The lowest BCUT2D eigenvalue weighted by Gasteiger charge is -2.27. The van der Waals surface area contributed by atoms with Crippen molar-refractivity contribution in [3.05, 3.63) is 0 Å². The van der Waals surface area contributed by atoms with Gasteiger partial charge in [0, 0.05) is 13.2 Å². The molecule has 1 aliphatic rings. The molecule has 0 spiro atoms. The lowest BCUT2D eigenvalue weighted by atomic mass is 10.1. The summed E-state index contributed by atoms with van der Waals surface area (Å²) in [5.41, 5.74) is 0. The van der Waals surface area contributed by atoms with Crippen molar-refractivity contribution >= 4 is 5.91 Å². The SMILES string of the molecule is CC(C)CCOCCN1C(=O)C(C)NC1C(C)C. The highest BCUT2D eigenvalue weighted by Gasteiger charge is 2.37. The minimum Gasteiger partial charge on any atom is -0.380 e. The first-order chi connectivity index (χ1) is 8.43. The van der Waals surface area contributed by atoms with Crippen molar-refractivity contribution in [2.75, 3.05) is 19.8 Å². The molecule has 0 aromatic rings. The second-order valence-corrected chi connectivity index (χ2v) is 5.90. The fraction of sp³-hybridized carbons (Fsp3) is 0.929. The van der Waals surface area contributed by atoms with Gasteiger partial charge >= 0.3 is 0 Å². The molecule has 4 heteroatoms. The molecule has 0 aliphatic carbocycles. The van der Waals surface area contributed by atoms with Crippen molar-refractivity contribution in [2.24, 2.45) is 11.8 Å². The second kappa shape index (κ2) is 7.10. The van der Waals surface area contributed by atoms with E-state index in [4.69, 9.17) is 4.74 Å². The molecule has 106 valence electrons. The summed E-state index contributed by atoms with van der Waals surface area (Å²) in [5, 5.41) is 3.33. The van der Waals surface area contributed by atoms with Crippen LogP contribution in [-0.4, -0.2) is 42.8 Å². The van der Waals surface area contributed by atoms with Crippen molar-refractivity contribution in [3.63, 3.8) is 0 Å². The number of nitrogens with zero attached hydrogens (tertiary/aromatic N) is 1. The Hall–Kier alpha value is -0.610. The predicted molar refractivity (Wildman–Crippen MR) is 73.2 cm³/mol. The van der Waals surface area contributed by atoms with Gasteiger partial charge in [0.1, 0.15) is 0 Å². The number of carbonyl (C=O) groups is 1. The molecule has 0 saturated carbocycles. The average Bonchev–Trinajstić information content (AvgIpc) is 2.56. The molecule has 1 fully saturated rings. The van der Waals surface area contributed by atoms with Gasteiger partial charge in [-0.3, -0.25) is 10.1 Å². The Morgan fingerprint density at radius 1 is 1.28 bits per heavy atom. The summed E-state index contributed by atoms with van der Waals surface area (Å²) in [5.74, 6) is 1.29. The van der Waals surface area contributed by atoms with E-state index in [2.05, 4.69) is 33.0 Å². The minimum absolute atomic E-state index is 0.0620. The summed E-state index contributed by atoms with van der Waals surface area (Å²) in [6, 6.07) is -0.0620. The van der Waals surface area contributed by atoms with Gasteiger partial charge in [-0.15, -0.1) is 0 Å². The third-order valence-corrected chi connectivity index (χ3v) is 3.36. The molecule has 2 atom stereocenters. The van der Waals surface area contributed by atoms with E-state index in [1.54, 1.807) is 0 Å². The number of ether oxygens (including phenoxy) is 1. The number of carbonyl (C=O) groups excluding carboxylic acids is 1. The Kier molecular flexibility index (Phi) is 6.09. The first kappa shape index (κ1) is 15.4. The zero-order chi connectivity index (χ0) is 13.7. The van der Waals surface area contributed by atoms with E-state index in [1.807, 2.05) is 11.8 Å². The van der Waals surface area contributed by atoms with Crippen LogP contribution in [0.5, 0.6) is 0 Å². The van der Waals surface area contributed by atoms with Crippen LogP contribution in [-0.2, 0) is 9.53 Å². The monoisotopic (exact) mass is 256 g/mol. The zero-order valence-electron chi connectivity index (χ0n) is 12.4. The van der Waals surface area contributed by atoms with E-state index in [9.17, 15) is 4.79 Å². The molecule has 0 bridgehead atoms. The highest BCUT2D eigenvalue weighted by atomic mass is 16.5. The number of hydrogen-bond acceptors (Lipinski definition) is 3. The van der Waals surface area contributed by atoms with Crippen LogP contribution in [0.1, 0.15) is 41.0 Å². The summed E-state index contributed by atoms with van der Waals surface area (Å²) >= 11 is 0. The van der Waals surface area contributed by atoms with Gasteiger partial charge in [-0.05, 0) is 25.2 Å². The van der Waals surface area contributed by atoms with E-state index < -0.39 is 0 Å². The minimum atomic E-state index is -0.0620. The van der Waals surface area contributed by atoms with Gasteiger partial charge in [0.2, 0.25) is 5.91 Å². The van der Waals surface area contributed by atoms with Crippen LogP contribution in [0.2, 0.25) is 0 Å². The van der Waals surface area contributed by atoms with Gasteiger partial charge in [-0.25, -0.2) is 0 Å². The van der Waals surface area contributed by atoms with Crippen LogP contribution in [0.4, 0.5) is 0 Å². The largest absolute Gasteiger partial charge is 0.380 e. The van der Waals surface area contributed by atoms with Gasteiger partial charge in [-0.1, -0.05) is 27.7 Å². The first-order valence-corrected chi connectivity index (χ1v) is 7.07. The van der Waals surface area contributed by atoms with E-state index in [-0.39, 0.29) is 18.1 Å². The molecule has 1 amide bonds. The molecule has 1 rings (SSSR count). The summed E-state index contributed by atoms with van der Waals surface area (Å²) < 4.78 is 5.60. The Bertz CT molecular complexity index is 267. The maximum absolute atomic E-state index is 12.0. The predicted octanol–water partition coefficient (Wildman–Crippen LogP) is 1.85. The third-order valence-electron chi connectivity index (χ3n) is 3.36. The molecule has 1 heterocycles. The van der Waals surface area contributed by atoms with Gasteiger partial charge in [-0.2, -0.15) is 0 Å². The average molecular weight is 256 g/mol. The summed E-state index contributed by atoms with van der Waals surface area (Å²) in [6.07, 6.45) is 1.23. The molecule has 2 unspecified atom stereocenters. The number of hydrogen-bond donors (Lipinski definition) is 1. The van der Waals surface area contributed by atoms with Crippen molar-refractivity contribution in [2.45, 2.75) is 53.2 Å². The molecular weight excluding hydrogens is 228 g/mol. The maximum atomic E-state index is 12.0. The number of nitrogens with one attached hydrogen (secondary N) is 1. The molecule has 0 radical (unpaired) electrons. The molecule has 1 N–H and O–H groups in total. The molecule has 0 aromatic carbocycles. The Balaban J connectivity index is 2.32. The summed E-state index contributed by atoms with van der Waals surface area (Å²) in [6.45, 7) is 12.7. The molecule has 1 aliphatic heterocycles. The molecule has 18 heavy (non-hydrogen) atoms. The fourth-order valence-corrected chi connectivity index (χ4v) is 2.19. The van der Waals surface area contributed by atoms with Gasteiger partial charge in [0.05, 0.1) is 18.8 Å². The Labute approximate surface area is 111 Å². The topological polar surface area (TPSA) is 41.6 Å². The quantitative estimate of drug-likeness (QED) is 0.707. The van der Waals surface area contributed by atoms with Gasteiger partial charge in [0.15, 0.2) is 0 Å². The Morgan fingerprint density at radius 2 is 1.94 bits per heavy atom. The van der Waals surface area contributed by atoms with Crippen LogP contribution in [0.3, 0.4) is 0 Å². The standard InChI is InChI=1S/C14H28N2O2/c1-10(2)6-8-18-9-7-16-13(11(3)4)15-12(5)14(16)17/h10-13,15H,6-9H2,1-5H3. The van der Waals surface area contributed by atoms with Crippen molar-refractivity contribution in [1.29, 1.82) is 0 Å². The van der Waals surface area contributed by atoms with Crippen LogP contribution in [0, 0.1) is 11.8 Å². The van der Waals surface area contributed by atoms with Gasteiger partial charge < -0.3 is 9.64 Å². The van der Waals surface area contributed by atoms with Crippen molar-refractivity contribution < 1.29 is 9.53 Å². The Morgan fingerprint density at radius 3 is 2.50 bits per heavy atom. The highest BCUT2D eigenvalue weighted by Crippen LogP contribution is 2.16. The third kappa shape index (κ3) is 4.25. The normalized spacial score (nSPS) is 24.6. The van der Waals surface area contributed by atoms with Crippen LogP contribution >= 0.6 is 0 Å². The lowest BCUT2D eigenvalue weighted by molar-refractivity contribution is -0.131. The second-order valence-electron chi connectivity index (χ2n) is 5.90. The van der Waals surface area contributed by atoms with E-state index >= 15 is 0 Å². The van der Waals surface area contributed by atoms with Crippen molar-refractivity contribution in [1.82, 2.24) is 10.2 Å². The van der Waals surface area contributed by atoms with Crippen molar-refractivity contribution in [3.8, 4) is 0 Å². The zero-order valence-corrected chi connectivity index (χ0v) is 12.4. The van der Waals surface area contributed by atoms with E-state index in [1.165, 1.54) is 0 Å². The van der Waals surface area contributed by atoms with E-state index in [0.29, 0.717) is 25.0 Å². The molecule has 4 nitrogen and oxygen atoms in total. The van der Waals surface area contributed by atoms with Gasteiger partial charge in [0.25, 0.3) is 0 Å². The molecular formula is C14H28N2O2. The summed E-state index contributed by atoms with van der Waals surface area (Å²) in [4.78, 5) is 13.9. The molecule has 1 saturated heterocycles. The number of rotatable bonds is 7. The highest BCUT2D eigenvalue weighted by molar-refractivity contribution is 5.83. The molecule has 0 aromatic heterocycles. The van der Waals surface area contributed by atoms with Crippen LogP contribution in [0.15, 0.2) is 0 Å². The number of amides is 1.